The zero-order valence-corrected chi connectivity index (χ0v) is 13.3. The first kappa shape index (κ1) is 15.8. The van der Waals surface area contributed by atoms with Gasteiger partial charge in [-0.15, -0.1) is 0 Å². The maximum absolute atomic E-state index is 13.1. The Hall–Kier alpha value is -1.13. The summed E-state index contributed by atoms with van der Waals surface area (Å²) in [5, 5.41) is 3.28. The fourth-order valence-electron chi connectivity index (χ4n) is 3.52. The lowest BCUT2D eigenvalue weighted by Crippen LogP contribution is -2.57. The predicted octanol–water partition coefficient (Wildman–Crippen LogP) is 3.49. The van der Waals surface area contributed by atoms with Gasteiger partial charge in [-0.25, -0.2) is 4.39 Å². The van der Waals surface area contributed by atoms with Gasteiger partial charge in [-0.3, -0.25) is 4.79 Å². The van der Waals surface area contributed by atoms with E-state index in [1.54, 1.807) is 12.1 Å². The standard InChI is InChI=1S/C17H21ClFNO2/c18-13-11-12(1-3-14(13)19)2-4-16(21)20-15-5-6-17(15)7-9-22-10-8-17/h1,3,11,15H,2,4-10H2,(H,20,21). The summed E-state index contributed by atoms with van der Waals surface area (Å²) >= 11 is 5.76. The summed E-state index contributed by atoms with van der Waals surface area (Å²) in [4.78, 5) is 12.1. The van der Waals surface area contributed by atoms with Gasteiger partial charge in [0.05, 0.1) is 5.02 Å². The van der Waals surface area contributed by atoms with Crippen LogP contribution in [-0.2, 0) is 16.0 Å². The second-order valence-electron chi connectivity index (χ2n) is 6.38. The number of aryl methyl sites for hydroxylation is 1. The van der Waals surface area contributed by atoms with Crippen molar-refractivity contribution >= 4 is 17.5 Å². The lowest BCUT2D eigenvalue weighted by atomic mass is 9.60. The summed E-state index contributed by atoms with van der Waals surface area (Å²) in [6, 6.07) is 4.91. The van der Waals surface area contributed by atoms with Crippen LogP contribution in [0.3, 0.4) is 0 Å². The first-order chi connectivity index (χ1) is 10.6. The van der Waals surface area contributed by atoms with Crippen molar-refractivity contribution in [2.75, 3.05) is 13.2 Å². The zero-order chi connectivity index (χ0) is 15.6. The highest BCUT2D eigenvalue weighted by Gasteiger charge is 2.47. The Labute approximate surface area is 135 Å². The second kappa shape index (κ2) is 6.55. The molecule has 1 aromatic carbocycles. The highest BCUT2D eigenvalue weighted by molar-refractivity contribution is 6.30. The molecule has 120 valence electrons. The molecule has 3 nitrogen and oxygen atoms in total. The Balaban J connectivity index is 1.49. The van der Waals surface area contributed by atoms with Gasteiger partial charge in [0.1, 0.15) is 5.82 Å². The number of amides is 1. The molecule has 22 heavy (non-hydrogen) atoms. The van der Waals surface area contributed by atoms with Gasteiger partial charge in [-0.1, -0.05) is 17.7 Å². The van der Waals surface area contributed by atoms with Crippen LogP contribution in [0.25, 0.3) is 0 Å². The van der Waals surface area contributed by atoms with Gasteiger partial charge in [-0.2, -0.15) is 0 Å². The summed E-state index contributed by atoms with van der Waals surface area (Å²) in [6.45, 7) is 1.61. The number of carbonyl (C=O) groups is 1. The van der Waals surface area contributed by atoms with Crippen LogP contribution >= 0.6 is 11.6 Å². The van der Waals surface area contributed by atoms with Gasteiger partial charge in [-0.05, 0) is 55.2 Å². The van der Waals surface area contributed by atoms with Crippen LogP contribution in [0.4, 0.5) is 4.39 Å². The molecule has 2 fully saturated rings. The molecule has 1 heterocycles. The highest BCUT2D eigenvalue weighted by Crippen LogP contribution is 2.48. The van der Waals surface area contributed by atoms with Gasteiger partial charge >= 0.3 is 0 Å². The quantitative estimate of drug-likeness (QED) is 0.920. The Morgan fingerprint density at radius 3 is 2.77 bits per heavy atom. The average molecular weight is 326 g/mol. The van der Waals surface area contributed by atoms with Crippen molar-refractivity contribution in [2.24, 2.45) is 5.41 Å². The van der Waals surface area contributed by atoms with E-state index in [-0.39, 0.29) is 16.3 Å². The molecule has 1 aliphatic carbocycles. The maximum atomic E-state index is 13.1. The van der Waals surface area contributed by atoms with Gasteiger partial charge in [0, 0.05) is 25.7 Å². The minimum Gasteiger partial charge on any atom is -0.381 e. The smallest absolute Gasteiger partial charge is 0.220 e. The normalized spacial score (nSPS) is 23.1. The topological polar surface area (TPSA) is 38.3 Å². The van der Waals surface area contributed by atoms with E-state index in [9.17, 15) is 9.18 Å². The molecule has 1 aliphatic heterocycles. The van der Waals surface area contributed by atoms with E-state index in [2.05, 4.69) is 5.32 Å². The molecule has 1 N–H and O–H groups in total. The molecule has 1 unspecified atom stereocenters. The SMILES string of the molecule is O=C(CCc1ccc(F)c(Cl)c1)NC1CCC12CCOCC2. The van der Waals surface area contributed by atoms with Gasteiger partial charge in [0.15, 0.2) is 0 Å². The van der Waals surface area contributed by atoms with Crippen molar-refractivity contribution < 1.29 is 13.9 Å². The summed E-state index contributed by atoms with van der Waals surface area (Å²) < 4.78 is 18.5. The largest absolute Gasteiger partial charge is 0.381 e. The summed E-state index contributed by atoms with van der Waals surface area (Å²) in [5.41, 5.74) is 1.16. The molecular formula is C17H21ClFNO2. The van der Waals surface area contributed by atoms with E-state index in [0.717, 1.165) is 38.0 Å². The minimum absolute atomic E-state index is 0.0658. The average Bonchev–Trinajstić information content (AvgIpc) is 2.53. The van der Waals surface area contributed by atoms with Crippen LogP contribution in [0.5, 0.6) is 0 Å². The number of nitrogens with one attached hydrogen (secondary N) is 1. The number of rotatable bonds is 4. The molecule has 0 bridgehead atoms. The molecule has 0 radical (unpaired) electrons. The molecule has 1 saturated carbocycles. The van der Waals surface area contributed by atoms with Crippen molar-refractivity contribution in [1.29, 1.82) is 0 Å². The molecule has 2 aliphatic rings. The van der Waals surface area contributed by atoms with E-state index in [1.165, 1.54) is 12.5 Å². The first-order valence-electron chi connectivity index (χ1n) is 7.90. The number of halogens is 2. The molecule has 3 rings (SSSR count). The third-order valence-corrected chi connectivity index (χ3v) is 5.41. The Bertz CT molecular complexity index is 558. The fraction of sp³-hybridized carbons (Fsp3) is 0.588. The first-order valence-corrected chi connectivity index (χ1v) is 8.28. The lowest BCUT2D eigenvalue weighted by Gasteiger charge is -2.52. The van der Waals surface area contributed by atoms with Crippen molar-refractivity contribution in [3.05, 3.63) is 34.6 Å². The molecular weight excluding hydrogens is 305 g/mol. The number of hydrogen-bond acceptors (Lipinski definition) is 2. The van der Waals surface area contributed by atoms with Crippen molar-refractivity contribution in [2.45, 2.75) is 44.6 Å². The van der Waals surface area contributed by atoms with Gasteiger partial charge < -0.3 is 10.1 Å². The minimum atomic E-state index is -0.425. The summed E-state index contributed by atoms with van der Waals surface area (Å²) in [6.07, 6.45) is 5.33. The Morgan fingerprint density at radius 2 is 2.14 bits per heavy atom. The summed E-state index contributed by atoms with van der Waals surface area (Å²) in [7, 11) is 0. The predicted molar refractivity (Wildman–Crippen MR) is 83.4 cm³/mol. The molecule has 1 aromatic rings. The fourth-order valence-corrected chi connectivity index (χ4v) is 3.72. The molecule has 1 atom stereocenters. The van der Waals surface area contributed by atoms with E-state index in [0.29, 0.717) is 18.9 Å². The highest BCUT2D eigenvalue weighted by atomic mass is 35.5. The second-order valence-corrected chi connectivity index (χ2v) is 6.79. The summed E-state index contributed by atoms with van der Waals surface area (Å²) in [5.74, 6) is -0.359. The van der Waals surface area contributed by atoms with Crippen molar-refractivity contribution in [3.63, 3.8) is 0 Å². The lowest BCUT2D eigenvalue weighted by molar-refractivity contribution is -0.127. The molecule has 0 aromatic heterocycles. The monoisotopic (exact) mass is 325 g/mol. The van der Waals surface area contributed by atoms with Crippen LogP contribution in [0.2, 0.25) is 5.02 Å². The van der Waals surface area contributed by atoms with Gasteiger partial charge in [0.25, 0.3) is 0 Å². The van der Waals surface area contributed by atoms with E-state index < -0.39 is 5.82 Å². The van der Waals surface area contributed by atoms with Crippen molar-refractivity contribution in [3.8, 4) is 0 Å². The molecule has 1 saturated heterocycles. The molecule has 1 amide bonds. The van der Waals surface area contributed by atoms with Crippen LogP contribution in [0, 0.1) is 11.2 Å². The van der Waals surface area contributed by atoms with E-state index in [4.69, 9.17) is 16.3 Å². The van der Waals surface area contributed by atoms with Crippen LogP contribution in [0.1, 0.15) is 37.7 Å². The zero-order valence-electron chi connectivity index (χ0n) is 12.5. The van der Waals surface area contributed by atoms with Crippen LogP contribution in [-0.4, -0.2) is 25.2 Å². The number of hydrogen-bond donors (Lipinski definition) is 1. The van der Waals surface area contributed by atoms with E-state index in [1.807, 2.05) is 0 Å². The number of benzene rings is 1. The number of ether oxygens (including phenoxy) is 1. The van der Waals surface area contributed by atoms with Gasteiger partial charge in [0.2, 0.25) is 5.91 Å². The Kier molecular flexibility index (Phi) is 4.69. The maximum Gasteiger partial charge on any atom is 0.220 e. The van der Waals surface area contributed by atoms with Crippen LogP contribution in [0.15, 0.2) is 18.2 Å². The van der Waals surface area contributed by atoms with Crippen molar-refractivity contribution in [1.82, 2.24) is 5.32 Å². The third-order valence-electron chi connectivity index (χ3n) is 5.12. The molecule has 5 heteroatoms. The van der Waals surface area contributed by atoms with E-state index >= 15 is 0 Å². The third kappa shape index (κ3) is 3.28. The number of carbonyl (C=O) groups excluding carboxylic acids is 1. The van der Waals surface area contributed by atoms with Crippen LogP contribution < -0.4 is 5.32 Å². The Morgan fingerprint density at radius 1 is 1.36 bits per heavy atom. The molecule has 1 spiro atoms.